The molecular formula is C24H25ClN2O4. The second-order valence-corrected chi connectivity index (χ2v) is 8.48. The van der Waals surface area contributed by atoms with Crippen LogP contribution in [0.1, 0.15) is 59.2 Å². The van der Waals surface area contributed by atoms with Crippen LogP contribution in [0.2, 0.25) is 5.02 Å². The second-order valence-electron chi connectivity index (χ2n) is 8.07. The normalized spacial score (nSPS) is 12.7. The molecule has 7 heteroatoms. The van der Waals surface area contributed by atoms with Crippen molar-refractivity contribution in [3.8, 4) is 11.5 Å². The highest BCUT2D eigenvalue weighted by atomic mass is 35.5. The third-order valence-corrected chi connectivity index (χ3v) is 5.94. The molecule has 0 unspecified atom stereocenters. The zero-order valence-electron chi connectivity index (χ0n) is 17.8. The minimum atomic E-state index is -0.520. The smallest absolute Gasteiger partial charge is 0.248 e. The van der Waals surface area contributed by atoms with E-state index < -0.39 is 5.91 Å². The van der Waals surface area contributed by atoms with E-state index in [1.165, 1.54) is 0 Å². The van der Waals surface area contributed by atoms with E-state index in [1.807, 2.05) is 26.0 Å². The first-order valence-corrected chi connectivity index (χ1v) is 10.8. The lowest BCUT2D eigenvalue weighted by molar-refractivity contribution is 0.0938. The fraction of sp³-hybridized carbons (Fsp3) is 0.333. The molecule has 4 rings (SSSR count). The first-order chi connectivity index (χ1) is 14.8. The Morgan fingerprint density at radius 3 is 2.52 bits per heavy atom. The van der Waals surface area contributed by atoms with E-state index in [0.29, 0.717) is 34.2 Å². The first kappa shape index (κ1) is 21.2. The number of primary amides is 1. The second kappa shape index (κ2) is 8.27. The van der Waals surface area contributed by atoms with E-state index in [9.17, 15) is 9.59 Å². The Kier molecular flexibility index (Phi) is 5.67. The maximum absolute atomic E-state index is 13.2. The Labute approximate surface area is 185 Å². The van der Waals surface area contributed by atoms with Gasteiger partial charge in [-0.25, -0.2) is 0 Å². The van der Waals surface area contributed by atoms with Crippen LogP contribution in [-0.2, 0) is 13.0 Å². The molecule has 0 saturated heterocycles. The number of amides is 1. The number of carbonyl (C=O) groups is 2. The lowest BCUT2D eigenvalue weighted by atomic mass is 9.96. The molecule has 2 aromatic carbocycles. The molecule has 1 aliphatic rings. The Balaban J connectivity index is 1.95. The van der Waals surface area contributed by atoms with Gasteiger partial charge in [-0.2, -0.15) is 0 Å². The fourth-order valence-electron chi connectivity index (χ4n) is 4.05. The van der Waals surface area contributed by atoms with E-state index in [0.717, 1.165) is 35.0 Å². The monoisotopic (exact) mass is 440 g/mol. The van der Waals surface area contributed by atoms with Crippen molar-refractivity contribution in [1.29, 1.82) is 0 Å². The summed E-state index contributed by atoms with van der Waals surface area (Å²) in [5.74, 6) is 0.629. The molecule has 162 valence electrons. The molecular weight excluding hydrogens is 416 g/mol. The summed E-state index contributed by atoms with van der Waals surface area (Å²) in [6, 6.07) is 8.92. The van der Waals surface area contributed by atoms with Gasteiger partial charge in [-0.3, -0.25) is 9.59 Å². The molecule has 0 bridgehead atoms. The highest BCUT2D eigenvalue weighted by Gasteiger charge is 2.25. The minimum Gasteiger partial charge on any atom is -0.454 e. The summed E-state index contributed by atoms with van der Waals surface area (Å²) in [5, 5.41) is 1.31. The van der Waals surface area contributed by atoms with Crippen molar-refractivity contribution in [1.82, 2.24) is 4.57 Å². The van der Waals surface area contributed by atoms with Crippen LogP contribution in [0.15, 0.2) is 30.3 Å². The van der Waals surface area contributed by atoms with Crippen molar-refractivity contribution in [3.05, 3.63) is 57.7 Å². The van der Waals surface area contributed by atoms with Gasteiger partial charge >= 0.3 is 0 Å². The summed E-state index contributed by atoms with van der Waals surface area (Å²) in [5.41, 5.74) is 9.22. The van der Waals surface area contributed by atoms with Gasteiger partial charge in [0, 0.05) is 51.3 Å². The third kappa shape index (κ3) is 3.76. The molecule has 0 aliphatic carbocycles. The van der Waals surface area contributed by atoms with E-state index in [4.69, 9.17) is 26.8 Å². The summed E-state index contributed by atoms with van der Waals surface area (Å²) in [6.45, 7) is 6.48. The van der Waals surface area contributed by atoms with Crippen molar-refractivity contribution in [3.63, 3.8) is 0 Å². The molecule has 0 fully saturated rings. The maximum Gasteiger partial charge on any atom is 0.248 e. The van der Waals surface area contributed by atoms with Crippen LogP contribution in [0.3, 0.4) is 0 Å². The van der Waals surface area contributed by atoms with Crippen LogP contribution in [0.25, 0.3) is 10.9 Å². The van der Waals surface area contributed by atoms with Crippen molar-refractivity contribution in [2.75, 3.05) is 6.79 Å². The maximum atomic E-state index is 13.2. The highest BCUT2D eigenvalue weighted by Crippen LogP contribution is 2.38. The molecule has 0 atom stereocenters. The van der Waals surface area contributed by atoms with Crippen LogP contribution in [0.5, 0.6) is 11.5 Å². The number of Topliss-reactive ketones (excluding diaryl/α,β-unsaturated/α-hetero) is 1. The molecule has 2 heterocycles. The van der Waals surface area contributed by atoms with Gasteiger partial charge in [-0.15, -0.1) is 0 Å². The predicted molar refractivity (Wildman–Crippen MR) is 120 cm³/mol. The molecule has 0 radical (unpaired) electrons. The largest absolute Gasteiger partial charge is 0.454 e. The zero-order valence-corrected chi connectivity index (χ0v) is 18.6. The van der Waals surface area contributed by atoms with Crippen molar-refractivity contribution < 1.29 is 19.1 Å². The number of ketones is 1. The average molecular weight is 441 g/mol. The standard InChI is InChI=1S/C24H25ClN2O4/c1-4-5-19-22(23(28)13(2)3)16-8-14(24(26)29)6-7-18(16)27(19)11-15-9-20-21(10-17(15)25)31-12-30-20/h6-10,13H,4-5,11-12H2,1-3H3,(H2,26,29). The molecule has 1 aromatic heterocycles. The summed E-state index contributed by atoms with van der Waals surface area (Å²) in [6.07, 6.45) is 1.59. The van der Waals surface area contributed by atoms with Crippen LogP contribution in [-0.4, -0.2) is 23.1 Å². The van der Waals surface area contributed by atoms with Gasteiger partial charge in [0.15, 0.2) is 17.3 Å². The number of halogens is 1. The third-order valence-electron chi connectivity index (χ3n) is 5.58. The van der Waals surface area contributed by atoms with Gasteiger partial charge in [0.2, 0.25) is 12.7 Å². The number of carbonyl (C=O) groups excluding carboxylic acids is 2. The van der Waals surface area contributed by atoms with E-state index in [2.05, 4.69) is 11.5 Å². The Morgan fingerprint density at radius 1 is 1.16 bits per heavy atom. The summed E-state index contributed by atoms with van der Waals surface area (Å²) < 4.78 is 13.0. The van der Waals surface area contributed by atoms with E-state index in [1.54, 1.807) is 18.2 Å². The number of aromatic nitrogens is 1. The summed E-state index contributed by atoms with van der Waals surface area (Å²) >= 11 is 6.55. The van der Waals surface area contributed by atoms with E-state index in [-0.39, 0.29) is 18.5 Å². The number of nitrogens with two attached hydrogens (primary N) is 1. The zero-order chi connectivity index (χ0) is 22.3. The van der Waals surface area contributed by atoms with Gasteiger partial charge in [0.1, 0.15) is 0 Å². The predicted octanol–water partition coefficient (Wildman–Crippen LogP) is 4.96. The number of ether oxygens (including phenoxy) is 2. The molecule has 1 amide bonds. The molecule has 1 aliphatic heterocycles. The van der Waals surface area contributed by atoms with Crippen molar-refractivity contribution in [2.45, 2.75) is 40.2 Å². The number of rotatable bonds is 7. The number of fused-ring (bicyclic) bond motifs is 2. The highest BCUT2D eigenvalue weighted by molar-refractivity contribution is 6.31. The number of hydrogen-bond acceptors (Lipinski definition) is 4. The number of nitrogens with zero attached hydrogens (tertiary/aromatic N) is 1. The average Bonchev–Trinajstić information content (AvgIpc) is 3.29. The van der Waals surface area contributed by atoms with Crippen LogP contribution < -0.4 is 15.2 Å². The molecule has 0 saturated carbocycles. The van der Waals surface area contributed by atoms with Crippen LogP contribution in [0.4, 0.5) is 0 Å². The summed E-state index contributed by atoms with van der Waals surface area (Å²) in [4.78, 5) is 25.0. The molecule has 0 spiro atoms. The van der Waals surface area contributed by atoms with Crippen molar-refractivity contribution in [2.24, 2.45) is 11.7 Å². The Hall–Kier alpha value is -2.99. The van der Waals surface area contributed by atoms with Gasteiger partial charge in [0.25, 0.3) is 0 Å². The Morgan fingerprint density at radius 2 is 1.87 bits per heavy atom. The fourth-order valence-corrected chi connectivity index (χ4v) is 4.27. The molecule has 3 aromatic rings. The topological polar surface area (TPSA) is 83.6 Å². The van der Waals surface area contributed by atoms with Crippen molar-refractivity contribution >= 4 is 34.2 Å². The molecule has 6 nitrogen and oxygen atoms in total. The van der Waals surface area contributed by atoms with Crippen LogP contribution in [0, 0.1) is 5.92 Å². The number of hydrogen-bond donors (Lipinski definition) is 1. The summed E-state index contributed by atoms with van der Waals surface area (Å²) in [7, 11) is 0. The lowest BCUT2D eigenvalue weighted by Gasteiger charge is -2.14. The minimum absolute atomic E-state index is 0.0469. The lowest BCUT2D eigenvalue weighted by Crippen LogP contribution is -2.13. The van der Waals surface area contributed by atoms with Crippen LogP contribution >= 0.6 is 11.6 Å². The SMILES string of the molecule is CCCc1c(C(=O)C(C)C)c2cc(C(N)=O)ccc2n1Cc1cc2c(cc1Cl)OCO2. The quantitative estimate of drug-likeness (QED) is 0.526. The van der Waals surface area contributed by atoms with Gasteiger partial charge < -0.3 is 19.8 Å². The Bertz CT molecular complexity index is 1200. The first-order valence-electron chi connectivity index (χ1n) is 10.4. The molecule has 31 heavy (non-hydrogen) atoms. The van der Waals surface area contributed by atoms with E-state index >= 15 is 0 Å². The molecule has 2 N–H and O–H groups in total. The van der Waals surface area contributed by atoms with Gasteiger partial charge in [-0.1, -0.05) is 38.8 Å². The van der Waals surface area contributed by atoms with Gasteiger partial charge in [0.05, 0.1) is 0 Å². The number of benzene rings is 2. The van der Waals surface area contributed by atoms with Gasteiger partial charge in [-0.05, 0) is 36.2 Å².